The quantitative estimate of drug-likeness (QED) is 0.742. The molecule has 124 valence electrons. The highest BCUT2D eigenvalue weighted by Crippen LogP contribution is 2.36. The van der Waals surface area contributed by atoms with Crippen molar-refractivity contribution in [2.45, 2.75) is 25.8 Å². The minimum absolute atomic E-state index is 0.367. The lowest BCUT2D eigenvalue weighted by atomic mass is 10.0. The monoisotopic (exact) mass is 322 g/mol. The minimum Gasteiger partial charge on any atom is -0.378 e. The average molecular weight is 322 g/mol. The van der Waals surface area contributed by atoms with Crippen LogP contribution < -0.4 is 9.80 Å². The highest BCUT2D eigenvalue weighted by molar-refractivity contribution is 5.52. The molecule has 0 unspecified atom stereocenters. The van der Waals surface area contributed by atoms with Crippen LogP contribution in [0.25, 0.3) is 5.65 Å². The zero-order chi connectivity index (χ0) is 16.7. The van der Waals surface area contributed by atoms with Gasteiger partial charge in [-0.25, -0.2) is 0 Å². The Hall–Kier alpha value is -2.63. The Balaban J connectivity index is 1.71. The first kappa shape index (κ1) is 14.9. The average Bonchev–Trinajstić information content (AvgIpc) is 3.22. The normalized spacial score (nSPS) is 17.6. The van der Waals surface area contributed by atoms with Gasteiger partial charge in [-0.1, -0.05) is 12.1 Å². The van der Waals surface area contributed by atoms with Crippen LogP contribution >= 0.6 is 0 Å². The molecule has 3 aromatic rings. The number of fused-ring (bicyclic) bond motifs is 1. The van der Waals surface area contributed by atoms with Gasteiger partial charge in [0.25, 0.3) is 0 Å². The number of hydrogen-bond donors (Lipinski definition) is 0. The molecule has 0 N–H and O–H groups in total. The van der Waals surface area contributed by atoms with Crippen LogP contribution in [0.2, 0.25) is 0 Å². The topological polar surface area (TPSA) is 49.6 Å². The third-order valence-corrected chi connectivity index (χ3v) is 4.72. The molecule has 1 atom stereocenters. The highest BCUT2D eigenvalue weighted by atomic mass is 15.4. The Bertz CT molecular complexity index is 869. The van der Waals surface area contributed by atoms with Gasteiger partial charge in [0.1, 0.15) is 5.82 Å². The summed E-state index contributed by atoms with van der Waals surface area (Å²) in [5.41, 5.74) is 3.38. The van der Waals surface area contributed by atoms with Gasteiger partial charge in [0.15, 0.2) is 11.5 Å². The number of benzene rings is 1. The molecule has 0 spiro atoms. The largest absolute Gasteiger partial charge is 0.378 e. The van der Waals surface area contributed by atoms with Gasteiger partial charge in [0, 0.05) is 26.3 Å². The number of aromatic nitrogens is 4. The molecule has 1 fully saturated rings. The Morgan fingerprint density at radius 2 is 2.00 bits per heavy atom. The van der Waals surface area contributed by atoms with E-state index < -0.39 is 0 Å². The van der Waals surface area contributed by atoms with E-state index in [-0.39, 0.29) is 0 Å². The summed E-state index contributed by atoms with van der Waals surface area (Å²) < 4.78 is 1.82. The second-order valence-electron chi connectivity index (χ2n) is 6.55. The molecule has 6 nitrogen and oxygen atoms in total. The second-order valence-corrected chi connectivity index (χ2v) is 6.55. The Labute approximate surface area is 141 Å². The van der Waals surface area contributed by atoms with Gasteiger partial charge < -0.3 is 9.80 Å². The maximum Gasteiger partial charge on any atom is 0.178 e. The molecule has 24 heavy (non-hydrogen) atoms. The van der Waals surface area contributed by atoms with E-state index in [4.69, 9.17) is 5.10 Å². The molecule has 3 heterocycles. The molecule has 1 aromatic carbocycles. The van der Waals surface area contributed by atoms with Crippen LogP contribution in [0.1, 0.15) is 30.3 Å². The maximum absolute atomic E-state index is 4.76. The molecule has 0 bridgehead atoms. The van der Waals surface area contributed by atoms with Crippen LogP contribution in [-0.2, 0) is 0 Å². The fourth-order valence-corrected chi connectivity index (χ4v) is 3.44. The van der Waals surface area contributed by atoms with Crippen molar-refractivity contribution in [1.82, 2.24) is 19.8 Å². The fourth-order valence-electron chi connectivity index (χ4n) is 3.44. The van der Waals surface area contributed by atoms with E-state index in [9.17, 15) is 0 Å². The molecule has 4 rings (SSSR count). The number of rotatable bonds is 3. The first-order chi connectivity index (χ1) is 11.6. The Morgan fingerprint density at radius 1 is 1.12 bits per heavy atom. The van der Waals surface area contributed by atoms with Gasteiger partial charge in [0.2, 0.25) is 0 Å². The predicted octanol–water partition coefficient (Wildman–Crippen LogP) is 2.84. The van der Waals surface area contributed by atoms with E-state index in [1.54, 1.807) is 0 Å². The molecule has 1 aliphatic rings. The molecule has 0 saturated carbocycles. The maximum atomic E-state index is 4.76. The molecule has 6 heteroatoms. The standard InChI is InChI=1S/C18H22N6/c1-13-19-20-17-9-10-18(21-24(13)17)23-11-5-8-16(23)14-6-4-7-15(12-14)22(2)3/h4,6-7,9-10,12,16H,5,8,11H2,1-3H3/t16-/m1/s1. The number of hydrogen-bond acceptors (Lipinski definition) is 5. The lowest BCUT2D eigenvalue weighted by Crippen LogP contribution is -2.24. The van der Waals surface area contributed by atoms with Gasteiger partial charge >= 0.3 is 0 Å². The van der Waals surface area contributed by atoms with Crippen LogP contribution in [0.15, 0.2) is 36.4 Å². The van der Waals surface area contributed by atoms with Crippen molar-refractivity contribution in [2.75, 3.05) is 30.4 Å². The van der Waals surface area contributed by atoms with Crippen molar-refractivity contribution in [1.29, 1.82) is 0 Å². The summed E-state index contributed by atoms with van der Waals surface area (Å²) in [6.07, 6.45) is 2.33. The summed E-state index contributed by atoms with van der Waals surface area (Å²) in [5, 5.41) is 13.0. The zero-order valence-electron chi connectivity index (χ0n) is 14.3. The summed E-state index contributed by atoms with van der Waals surface area (Å²) in [5.74, 6) is 1.81. The molecule has 0 amide bonds. The van der Waals surface area contributed by atoms with E-state index >= 15 is 0 Å². The lowest BCUT2D eigenvalue weighted by Gasteiger charge is -2.27. The van der Waals surface area contributed by atoms with Gasteiger partial charge in [0.05, 0.1) is 6.04 Å². The number of anilines is 2. The summed E-state index contributed by atoms with van der Waals surface area (Å²) >= 11 is 0. The van der Waals surface area contributed by atoms with Crippen molar-refractivity contribution in [3.05, 3.63) is 47.8 Å². The third kappa shape index (κ3) is 2.48. The Morgan fingerprint density at radius 3 is 2.83 bits per heavy atom. The zero-order valence-corrected chi connectivity index (χ0v) is 14.3. The molecule has 1 aliphatic heterocycles. The van der Waals surface area contributed by atoms with Crippen molar-refractivity contribution >= 4 is 17.2 Å². The summed E-state index contributed by atoms with van der Waals surface area (Å²) in [4.78, 5) is 4.54. The summed E-state index contributed by atoms with van der Waals surface area (Å²) in [7, 11) is 4.16. The van der Waals surface area contributed by atoms with Gasteiger partial charge in [-0.05, 0) is 49.6 Å². The SMILES string of the molecule is Cc1nnc2ccc(N3CCC[C@@H]3c3cccc(N(C)C)c3)nn12. The summed E-state index contributed by atoms with van der Waals surface area (Å²) in [6.45, 7) is 2.95. The minimum atomic E-state index is 0.367. The summed E-state index contributed by atoms with van der Waals surface area (Å²) in [6, 6.07) is 13.2. The van der Waals surface area contributed by atoms with Gasteiger partial charge in [-0.15, -0.1) is 15.3 Å². The van der Waals surface area contributed by atoms with E-state index in [1.807, 2.05) is 17.5 Å². The van der Waals surface area contributed by atoms with E-state index in [2.05, 4.69) is 64.4 Å². The smallest absolute Gasteiger partial charge is 0.178 e. The van der Waals surface area contributed by atoms with Crippen molar-refractivity contribution in [2.24, 2.45) is 0 Å². The number of nitrogens with zero attached hydrogens (tertiary/aromatic N) is 6. The van der Waals surface area contributed by atoms with E-state index in [0.717, 1.165) is 30.3 Å². The highest BCUT2D eigenvalue weighted by Gasteiger charge is 2.27. The molecule has 0 aliphatic carbocycles. The first-order valence-electron chi connectivity index (χ1n) is 8.36. The molecule has 1 saturated heterocycles. The van der Waals surface area contributed by atoms with Crippen LogP contribution in [0, 0.1) is 6.92 Å². The van der Waals surface area contributed by atoms with Crippen LogP contribution in [0.4, 0.5) is 11.5 Å². The first-order valence-corrected chi connectivity index (χ1v) is 8.36. The predicted molar refractivity (Wildman–Crippen MR) is 95.6 cm³/mol. The lowest BCUT2D eigenvalue weighted by molar-refractivity contribution is 0.700. The van der Waals surface area contributed by atoms with Crippen molar-refractivity contribution < 1.29 is 0 Å². The number of aryl methyl sites for hydroxylation is 1. The second kappa shape index (κ2) is 5.78. The van der Waals surface area contributed by atoms with Crippen LogP contribution in [0.5, 0.6) is 0 Å². The van der Waals surface area contributed by atoms with E-state index in [0.29, 0.717) is 6.04 Å². The van der Waals surface area contributed by atoms with Crippen LogP contribution in [0.3, 0.4) is 0 Å². The van der Waals surface area contributed by atoms with Crippen LogP contribution in [-0.4, -0.2) is 40.5 Å². The third-order valence-electron chi connectivity index (χ3n) is 4.72. The molecule has 0 radical (unpaired) electrons. The molecule has 2 aromatic heterocycles. The molecular weight excluding hydrogens is 300 g/mol. The Kier molecular flexibility index (Phi) is 3.59. The molecular formula is C18H22N6. The fraction of sp³-hybridized carbons (Fsp3) is 0.389. The van der Waals surface area contributed by atoms with Gasteiger partial charge in [-0.3, -0.25) is 0 Å². The van der Waals surface area contributed by atoms with E-state index in [1.165, 1.54) is 17.7 Å². The van der Waals surface area contributed by atoms with Gasteiger partial charge in [-0.2, -0.15) is 4.52 Å². The van der Waals surface area contributed by atoms with Crippen molar-refractivity contribution in [3.8, 4) is 0 Å². The van der Waals surface area contributed by atoms with Crippen molar-refractivity contribution in [3.63, 3.8) is 0 Å².